The molecule has 2 aromatic rings. The molecule has 5 nitrogen and oxygen atoms in total. The minimum Gasteiger partial charge on any atom is -0.394 e. The molecule has 0 aliphatic rings. The van der Waals surface area contributed by atoms with Crippen LogP contribution < -0.4 is 5.73 Å². The van der Waals surface area contributed by atoms with Gasteiger partial charge in [-0.25, -0.2) is 13.8 Å². The molecule has 100 valence electrons. The maximum atomic E-state index is 13.3. The van der Waals surface area contributed by atoms with Crippen LogP contribution in [0.1, 0.15) is 16.2 Å². The van der Waals surface area contributed by atoms with Gasteiger partial charge in [0, 0.05) is 25.0 Å². The fourth-order valence-corrected chi connectivity index (χ4v) is 1.61. The monoisotopic (exact) mass is 266 g/mol. The third kappa shape index (κ3) is 2.70. The van der Waals surface area contributed by atoms with Gasteiger partial charge < -0.3 is 15.6 Å². The number of nitrogen functional groups attached to an aromatic ring is 1. The molecular weight excluding hydrogens is 254 g/mol. The Kier molecular flexibility index (Phi) is 3.46. The first-order chi connectivity index (χ1) is 8.99. The van der Waals surface area contributed by atoms with E-state index in [1.807, 2.05) is 0 Å². The van der Waals surface area contributed by atoms with Crippen molar-refractivity contribution in [3.63, 3.8) is 0 Å². The highest BCUT2D eigenvalue weighted by Gasteiger charge is 2.17. The predicted octanol–water partition coefficient (Wildman–Crippen LogP) is 1.54. The number of nitrogens with two attached hydrogens (primary N) is 1. The number of halogens is 2. The molecule has 2 rings (SSSR count). The highest BCUT2D eigenvalue weighted by molar-refractivity contribution is 5.94. The normalized spacial score (nSPS) is 10.5. The van der Waals surface area contributed by atoms with E-state index in [0.717, 1.165) is 12.1 Å². The van der Waals surface area contributed by atoms with Gasteiger partial charge in [0.1, 0.15) is 23.1 Å². The first-order valence-electron chi connectivity index (χ1n) is 5.47. The largest absolute Gasteiger partial charge is 0.394 e. The van der Waals surface area contributed by atoms with E-state index in [1.165, 1.54) is 11.9 Å². The van der Waals surface area contributed by atoms with E-state index in [9.17, 15) is 13.6 Å². The lowest BCUT2D eigenvalue weighted by Gasteiger charge is -2.16. The van der Waals surface area contributed by atoms with Gasteiger partial charge in [0.05, 0.1) is 6.54 Å². The summed E-state index contributed by atoms with van der Waals surface area (Å²) >= 11 is 0. The van der Waals surface area contributed by atoms with Crippen LogP contribution in [0.4, 0.5) is 14.5 Å². The zero-order chi connectivity index (χ0) is 14.0. The van der Waals surface area contributed by atoms with Crippen molar-refractivity contribution in [1.82, 2.24) is 14.9 Å². The lowest BCUT2D eigenvalue weighted by atomic mass is 10.1. The molecule has 1 aromatic carbocycles. The number of hydrogen-bond donors (Lipinski definition) is 2. The first-order valence-corrected chi connectivity index (χ1v) is 5.47. The Morgan fingerprint density at radius 3 is 2.58 bits per heavy atom. The highest BCUT2D eigenvalue weighted by Crippen LogP contribution is 2.18. The molecule has 1 heterocycles. The number of nitrogens with zero attached hydrogens (tertiary/aromatic N) is 2. The number of benzene rings is 1. The SMILES string of the molecule is CN(Cc1ncc[nH]1)C(=O)c1cc(F)c(N)c(F)c1. The summed E-state index contributed by atoms with van der Waals surface area (Å²) in [4.78, 5) is 20.1. The van der Waals surface area contributed by atoms with E-state index < -0.39 is 23.2 Å². The van der Waals surface area contributed by atoms with E-state index in [2.05, 4.69) is 9.97 Å². The number of carbonyl (C=O) groups excluding carboxylic acids is 1. The summed E-state index contributed by atoms with van der Waals surface area (Å²) in [5.41, 5.74) is 4.46. The van der Waals surface area contributed by atoms with Crippen LogP contribution >= 0.6 is 0 Å². The predicted molar refractivity (Wildman–Crippen MR) is 65.2 cm³/mol. The van der Waals surface area contributed by atoms with E-state index in [1.54, 1.807) is 12.4 Å². The van der Waals surface area contributed by atoms with Crippen molar-refractivity contribution in [2.24, 2.45) is 0 Å². The van der Waals surface area contributed by atoms with Gasteiger partial charge in [-0.15, -0.1) is 0 Å². The molecule has 0 fully saturated rings. The van der Waals surface area contributed by atoms with Crippen molar-refractivity contribution in [2.45, 2.75) is 6.54 Å². The van der Waals surface area contributed by atoms with Crippen molar-refractivity contribution in [3.8, 4) is 0 Å². The maximum absolute atomic E-state index is 13.3. The smallest absolute Gasteiger partial charge is 0.254 e. The Balaban J connectivity index is 2.19. The number of imidazole rings is 1. The van der Waals surface area contributed by atoms with E-state index in [4.69, 9.17) is 5.73 Å². The molecule has 0 spiro atoms. The van der Waals surface area contributed by atoms with Crippen LogP contribution in [-0.2, 0) is 6.54 Å². The lowest BCUT2D eigenvalue weighted by molar-refractivity contribution is 0.0781. The molecule has 0 aliphatic heterocycles. The molecule has 19 heavy (non-hydrogen) atoms. The van der Waals surface area contributed by atoms with Crippen LogP contribution in [0, 0.1) is 11.6 Å². The zero-order valence-corrected chi connectivity index (χ0v) is 10.2. The summed E-state index contributed by atoms with van der Waals surface area (Å²) in [6, 6.07) is 1.83. The van der Waals surface area contributed by atoms with Gasteiger partial charge in [-0.1, -0.05) is 0 Å². The minimum atomic E-state index is -0.949. The number of aromatic amines is 1. The van der Waals surface area contributed by atoms with Gasteiger partial charge in [-0.2, -0.15) is 0 Å². The Morgan fingerprint density at radius 1 is 1.42 bits per heavy atom. The number of H-pyrrole nitrogens is 1. The highest BCUT2D eigenvalue weighted by atomic mass is 19.1. The number of rotatable bonds is 3. The maximum Gasteiger partial charge on any atom is 0.254 e. The number of hydrogen-bond acceptors (Lipinski definition) is 3. The van der Waals surface area contributed by atoms with E-state index >= 15 is 0 Å². The van der Waals surface area contributed by atoms with Crippen molar-refractivity contribution in [2.75, 3.05) is 12.8 Å². The molecule has 0 unspecified atom stereocenters. The summed E-state index contributed by atoms with van der Waals surface area (Å²) in [5.74, 6) is -1.84. The Bertz CT molecular complexity index is 575. The number of nitrogens with one attached hydrogen (secondary N) is 1. The molecule has 1 aromatic heterocycles. The van der Waals surface area contributed by atoms with Crippen LogP contribution in [0.5, 0.6) is 0 Å². The molecule has 0 bridgehead atoms. The number of anilines is 1. The standard InChI is InChI=1S/C12H12F2N4O/c1-18(6-10-16-2-3-17-10)12(19)7-4-8(13)11(15)9(14)5-7/h2-5H,6,15H2,1H3,(H,16,17). The Labute approximate surface area is 108 Å². The second-order valence-corrected chi connectivity index (χ2v) is 4.05. The summed E-state index contributed by atoms with van der Waals surface area (Å²) in [7, 11) is 1.51. The van der Waals surface area contributed by atoms with Gasteiger partial charge in [0.15, 0.2) is 0 Å². The van der Waals surface area contributed by atoms with Gasteiger partial charge in [-0.3, -0.25) is 4.79 Å². The van der Waals surface area contributed by atoms with Crippen molar-refractivity contribution >= 4 is 11.6 Å². The summed E-state index contributed by atoms with van der Waals surface area (Å²) in [5, 5.41) is 0. The van der Waals surface area contributed by atoms with Gasteiger partial charge in [0.2, 0.25) is 0 Å². The fourth-order valence-electron chi connectivity index (χ4n) is 1.61. The molecular formula is C12H12F2N4O. The molecule has 0 aliphatic carbocycles. The summed E-state index contributed by atoms with van der Waals surface area (Å²) in [6.07, 6.45) is 3.17. The van der Waals surface area contributed by atoms with Crippen LogP contribution in [-0.4, -0.2) is 27.8 Å². The Hall–Kier alpha value is -2.44. The Morgan fingerprint density at radius 2 is 2.05 bits per heavy atom. The van der Waals surface area contributed by atoms with Gasteiger partial charge in [-0.05, 0) is 12.1 Å². The third-order valence-electron chi connectivity index (χ3n) is 2.61. The molecule has 3 N–H and O–H groups in total. The second kappa shape index (κ2) is 5.05. The van der Waals surface area contributed by atoms with E-state index in [-0.39, 0.29) is 12.1 Å². The van der Waals surface area contributed by atoms with Gasteiger partial charge >= 0.3 is 0 Å². The topological polar surface area (TPSA) is 75.0 Å². The molecule has 0 radical (unpaired) electrons. The number of aromatic nitrogens is 2. The fraction of sp³-hybridized carbons (Fsp3) is 0.167. The van der Waals surface area contributed by atoms with Crippen LogP contribution in [0.2, 0.25) is 0 Å². The molecule has 1 amide bonds. The summed E-state index contributed by atoms with van der Waals surface area (Å²) < 4.78 is 26.6. The quantitative estimate of drug-likeness (QED) is 0.827. The molecule has 0 atom stereocenters. The zero-order valence-electron chi connectivity index (χ0n) is 10.2. The minimum absolute atomic E-state index is 0.0988. The number of carbonyl (C=O) groups is 1. The van der Waals surface area contributed by atoms with E-state index in [0.29, 0.717) is 5.82 Å². The molecule has 7 heteroatoms. The third-order valence-corrected chi connectivity index (χ3v) is 2.61. The van der Waals surface area contributed by atoms with Crippen molar-refractivity contribution in [1.29, 1.82) is 0 Å². The molecule has 0 saturated heterocycles. The van der Waals surface area contributed by atoms with Crippen LogP contribution in [0.3, 0.4) is 0 Å². The summed E-state index contributed by atoms with van der Waals surface area (Å²) in [6.45, 7) is 0.208. The van der Waals surface area contributed by atoms with Gasteiger partial charge in [0.25, 0.3) is 5.91 Å². The second-order valence-electron chi connectivity index (χ2n) is 4.05. The van der Waals surface area contributed by atoms with Crippen molar-refractivity contribution < 1.29 is 13.6 Å². The van der Waals surface area contributed by atoms with Crippen LogP contribution in [0.15, 0.2) is 24.5 Å². The van der Waals surface area contributed by atoms with Crippen LogP contribution in [0.25, 0.3) is 0 Å². The van der Waals surface area contributed by atoms with Crippen molar-refractivity contribution in [3.05, 3.63) is 47.5 Å². The molecule has 0 saturated carbocycles. The average molecular weight is 266 g/mol. The number of amides is 1. The first kappa shape index (κ1) is 13.0. The average Bonchev–Trinajstić information content (AvgIpc) is 2.87. The lowest BCUT2D eigenvalue weighted by Crippen LogP contribution is -2.27.